The normalized spacial score (nSPS) is 12.5. The summed E-state index contributed by atoms with van der Waals surface area (Å²) in [6, 6.07) is 6.73. The van der Waals surface area contributed by atoms with Crippen LogP contribution in [0.4, 0.5) is 0 Å². The first kappa shape index (κ1) is 13.6. The first-order chi connectivity index (χ1) is 8.10. The molecule has 0 spiro atoms. The molecule has 3 nitrogen and oxygen atoms in total. The largest absolute Gasteiger partial charge is 0.507 e. The number of carbonyl (C=O) groups excluding carboxylic acids is 1. The Balaban J connectivity index is 2.70. The summed E-state index contributed by atoms with van der Waals surface area (Å²) in [5, 5.41) is 12.5. The Bertz CT molecular complexity index is 372. The van der Waals surface area contributed by atoms with Crippen molar-refractivity contribution in [3.8, 4) is 5.75 Å². The van der Waals surface area contributed by atoms with Crippen LogP contribution in [0.3, 0.4) is 0 Å². The molecule has 0 aromatic heterocycles. The molecule has 17 heavy (non-hydrogen) atoms. The van der Waals surface area contributed by atoms with Crippen molar-refractivity contribution in [2.45, 2.75) is 39.7 Å². The van der Waals surface area contributed by atoms with Crippen molar-refractivity contribution < 1.29 is 9.90 Å². The van der Waals surface area contributed by atoms with Crippen LogP contribution in [0, 0.1) is 5.92 Å². The molecule has 2 N–H and O–H groups in total. The predicted molar refractivity (Wildman–Crippen MR) is 69.1 cm³/mol. The van der Waals surface area contributed by atoms with Crippen LogP contribution in [-0.4, -0.2) is 17.1 Å². The Labute approximate surface area is 103 Å². The SMILES string of the molecule is CCC(CC)C(C)NC(=O)c1ccccc1O. The van der Waals surface area contributed by atoms with E-state index < -0.39 is 0 Å². The van der Waals surface area contributed by atoms with Gasteiger partial charge in [0.05, 0.1) is 5.56 Å². The van der Waals surface area contributed by atoms with E-state index in [9.17, 15) is 9.90 Å². The molecule has 0 radical (unpaired) electrons. The number of hydrogen-bond donors (Lipinski definition) is 2. The van der Waals surface area contributed by atoms with Crippen LogP contribution in [-0.2, 0) is 0 Å². The van der Waals surface area contributed by atoms with Crippen LogP contribution in [0.25, 0.3) is 0 Å². The maximum Gasteiger partial charge on any atom is 0.255 e. The van der Waals surface area contributed by atoms with Gasteiger partial charge < -0.3 is 10.4 Å². The smallest absolute Gasteiger partial charge is 0.255 e. The van der Waals surface area contributed by atoms with Crippen LogP contribution >= 0.6 is 0 Å². The average Bonchev–Trinajstić information content (AvgIpc) is 2.31. The Morgan fingerprint density at radius 3 is 2.41 bits per heavy atom. The van der Waals surface area contributed by atoms with E-state index in [1.165, 1.54) is 6.07 Å². The molecule has 94 valence electrons. The van der Waals surface area contributed by atoms with Gasteiger partial charge in [-0.3, -0.25) is 4.79 Å². The minimum atomic E-state index is -0.206. The lowest BCUT2D eigenvalue weighted by Gasteiger charge is -2.22. The molecule has 0 saturated heterocycles. The summed E-state index contributed by atoms with van der Waals surface area (Å²) in [5.41, 5.74) is 0.338. The van der Waals surface area contributed by atoms with Crippen LogP contribution < -0.4 is 5.32 Å². The number of amides is 1. The van der Waals surface area contributed by atoms with E-state index in [1.807, 2.05) is 6.92 Å². The molecule has 3 heteroatoms. The number of rotatable bonds is 5. The molecule has 0 fully saturated rings. The zero-order valence-electron chi connectivity index (χ0n) is 10.7. The van der Waals surface area contributed by atoms with Gasteiger partial charge in [-0.15, -0.1) is 0 Å². The number of phenolic OH excluding ortho intramolecular Hbond substituents is 1. The summed E-state index contributed by atoms with van der Waals surface area (Å²) in [6.45, 7) is 6.25. The molecule has 0 bridgehead atoms. The van der Waals surface area contributed by atoms with Gasteiger partial charge in [0.15, 0.2) is 0 Å². The van der Waals surface area contributed by atoms with E-state index in [4.69, 9.17) is 0 Å². The molecular weight excluding hydrogens is 214 g/mol. The molecule has 0 aliphatic carbocycles. The summed E-state index contributed by atoms with van der Waals surface area (Å²) in [5.74, 6) is 0.300. The molecule has 0 heterocycles. The Morgan fingerprint density at radius 1 is 1.29 bits per heavy atom. The van der Waals surface area contributed by atoms with Crippen molar-refractivity contribution in [3.63, 3.8) is 0 Å². The lowest BCUT2D eigenvalue weighted by Crippen LogP contribution is -2.37. The molecule has 1 aromatic carbocycles. The van der Waals surface area contributed by atoms with Gasteiger partial charge in [-0.05, 0) is 25.0 Å². The van der Waals surface area contributed by atoms with E-state index >= 15 is 0 Å². The number of benzene rings is 1. The van der Waals surface area contributed by atoms with Crippen molar-refractivity contribution in [3.05, 3.63) is 29.8 Å². The highest BCUT2D eigenvalue weighted by atomic mass is 16.3. The summed E-state index contributed by atoms with van der Waals surface area (Å²) < 4.78 is 0. The number of nitrogens with one attached hydrogen (secondary N) is 1. The average molecular weight is 235 g/mol. The van der Waals surface area contributed by atoms with Crippen LogP contribution in [0.15, 0.2) is 24.3 Å². The van der Waals surface area contributed by atoms with Crippen LogP contribution in [0.1, 0.15) is 44.0 Å². The van der Waals surface area contributed by atoms with Crippen molar-refractivity contribution in [1.82, 2.24) is 5.32 Å². The second-order valence-electron chi connectivity index (χ2n) is 4.36. The first-order valence-electron chi connectivity index (χ1n) is 6.19. The van der Waals surface area contributed by atoms with Gasteiger partial charge in [0.2, 0.25) is 0 Å². The maximum atomic E-state index is 11.9. The van der Waals surface area contributed by atoms with Crippen molar-refractivity contribution >= 4 is 5.91 Å². The second-order valence-corrected chi connectivity index (χ2v) is 4.36. The van der Waals surface area contributed by atoms with Crippen molar-refractivity contribution in [2.75, 3.05) is 0 Å². The summed E-state index contributed by atoms with van der Waals surface area (Å²) in [7, 11) is 0. The highest BCUT2D eigenvalue weighted by Crippen LogP contribution is 2.17. The maximum absolute atomic E-state index is 11.9. The second kappa shape index (κ2) is 6.28. The van der Waals surface area contributed by atoms with Gasteiger partial charge in [-0.1, -0.05) is 38.8 Å². The Hall–Kier alpha value is -1.51. The molecule has 1 atom stereocenters. The highest BCUT2D eigenvalue weighted by Gasteiger charge is 2.18. The number of para-hydroxylation sites is 1. The standard InChI is InChI=1S/C14H21NO2/c1-4-11(5-2)10(3)15-14(17)12-8-6-7-9-13(12)16/h6-11,16H,4-5H2,1-3H3,(H,15,17). The molecule has 0 aliphatic heterocycles. The number of hydrogen-bond acceptors (Lipinski definition) is 2. The Kier molecular flexibility index (Phi) is 5.01. The summed E-state index contributed by atoms with van der Waals surface area (Å²) in [4.78, 5) is 11.9. The lowest BCUT2D eigenvalue weighted by atomic mass is 9.95. The van der Waals surface area contributed by atoms with Gasteiger partial charge in [0, 0.05) is 6.04 Å². The lowest BCUT2D eigenvalue weighted by molar-refractivity contribution is 0.0922. The quantitative estimate of drug-likeness (QED) is 0.824. The highest BCUT2D eigenvalue weighted by molar-refractivity contribution is 5.96. The third kappa shape index (κ3) is 3.48. The van der Waals surface area contributed by atoms with Gasteiger partial charge in [-0.2, -0.15) is 0 Å². The Morgan fingerprint density at radius 2 is 1.88 bits per heavy atom. The van der Waals surface area contributed by atoms with E-state index in [1.54, 1.807) is 18.2 Å². The summed E-state index contributed by atoms with van der Waals surface area (Å²) in [6.07, 6.45) is 2.08. The topological polar surface area (TPSA) is 49.3 Å². The van der Waals surface area contributed by atoms with E-state index in [2.05, 4.69) is 19.2 Å². The van der Waals surface area contributed by atoms with Gasteiger partial charge >= 0.3 is 0 Å². The fraction of sp³-hybridized carbons (Fsp3) is 0.500. The third-order valence-corrected chi connectivity index (χ3v) is 3.26. The van der Waals surface area contributed by atoms with Gasteiger partial charge in [0.25, 0.3) is 5.91 Å². The molecular formula is C14H21NO2. The van der Waals surface area contributed by atoms with Crippen molar-refractivity contribution in [2.24, 2.45) is 5.92 Å². The minimum Gasteiger partial charge on any atom is -0.507 e. The molecule has 1 amide bonds. The number of aromatic hydroxyl groups is 1. The third-order valence-electron chi connectivity index (χ3n) is 3.26. The number of carbonyl (C=O) groups is 1. The zero-order valence-corrected chi connectivity index (χ0v) is 10.7. The van der Waals surface area contributed by atoms with Gasteiger partial charge in [0.1, 0.15) is 5.75 Å². The molecule has 0 saturated carbocycles. The van der Waals surface area contributed by atoms with Gasteiger partial charge in [-0.25, -0.2) is 0 Å². The van der Waals surface area contributed by atoms with Crippen molar-refractivity contribution in [1.29, 1.82) is 0 Å². The van der Waals surface area contributed by atoms with Crippen LogP contribution in [0.5, 0.6) is 5.75 Å². The monoisotopic (exact) mass is 235 g/mol. The van der Waals surface area contributed by atoms with E-state index in [0.29, 0.717) is 11.5 Å². The minimum absolute atomic E-state index is 0.0294. The molecule has 1 aromatic rings. The summed E-state index contributed by atoms with van der Waals surface area (Å²) >= 11 is 0. The molecule has 1 rings (SSSR count). The van der Waals surface area contributed by atoms with E-state index in [0.717, 1.165) is 12.8 Å². The predicted octanol–water partition coefficient (Wildman–Crippen LogP) is 2.95. The van der Waals surface area contributed by atoms with Crippen LogP contribution in [0.2, 0.25) is 0 Å². The molecule has 1 unspecified atom stereocenters. The first-order valence-corrected chi connectivity index (χ1v) is 6.19. The fourth-order valence-electron chi connectivity index (χ4n) is 2.06. The number of phenols is 1. The fourth-order valence-corrected chi connectivity index (χ4v) is 2.06. The van der Waals surface area contributed by atoms with E-state index in [-0.39, 0.29) is 17.7 Å². The zero-order chi connectivity index (χ0) is 12.8. The molecule has 0 aliphatic rings.